The highest BCUT2D eigenvalue weighted by atomic mass is 32.1. The third kappa shape index (κ3) is 3.63. The number of nitrogens with two attached hydrogens (primary N) is 1. The summed E-state index contributed by atoms with van der Waals surface area (Å²) in [6.07, 6.45) is -0.140. The van der Waals surface area contributed by atoms with Crippen LogP contribution in [-0.4, -0.2) is 23.0 Å². The summed E-state index contributed by atoms with van der Waals surface area (Å²) in [7, 11) is 0. The standard InChI is InChI=1S/C10H14N2O3S/c1-6(11)10(15)12-7(5-9(13)14)8-3-2-4-16-8/h2-4,6-7H,5,11H2,1H3,(H,12,15)(H,13,14)/t6-,7?/m0/s1. The Morgan fingerprint density at radius 1 is 1.62 bits per heavy atom. The van der Waals surface area contributed by atoms with Crippen molar-refractivity contribution in [2.24, 2.45) is 5.73 Å². The molecule has 0 aliphatic rings. The van der Waals surface area contributed by atoms with Gasteiger partial charge in [-0.2, -0.15) is 0 Å². The summed E-state index contributed by atoms with van der Waals surface area (Å²) >= 11 is 1.41. The van der Waals surface area contributed by atoms with E-state index in [0.717, 1.165) is 4.88 Å². The fourth-order valence-electron chi connectivity index (χ4n) is 1.19. The van der Waals surface area contributed by atoms with E-state index < -0.39 is 18.1 Å². The number of hydrogen-bond donors (Lipinski definition) is 3. The number of rotatable bonds is 5. The van der Waals surface area contributed by atoms with Crippen molar-refractivity contribution in [1.82, 2.24) is 5.32 Å². The molecule has 0 aliphatic heterocycles. The van der Waals surface area contributed by atoms with Gasteiger partial charge in [0, 0.05) is 4.88 Å². The van der Waals surface area contributed by atoms with Crippen LogP contribution in [0.15, 0.2) is 17.5 Å². The van der Waals surface area contributed by atoms with E-state index >= 15 is 0 Å². The summed E-state index contributed by atoms with van der Waals surface area (Å²) in [4.78, 5) is 22.9. The molecule has 6 heteroatoms. The molecular formula is C10H14N2O3S. The van der Waals surface area contributed by atoms with Gasteiger partial charge in [-0.3, -0.25) is 9.59 Å². The van der Waals surface area contributed by atoms with Gasteiger partial charge < -0.3 is 16.2 Å². The Morgan fingerprint density at radius 3 is 2.75 bits per heavy atom. The summed E-state index contributed by atoms with van der Waals surface area (Å²) < 4.78 is 0. The molecule has 0 saturated carbocycles. The van der Waals surface area contributed by atoms with Crippen molar-refractivity contribution in [1.29, 1.82) is 0 Å². The van der Waals surface area contributed by atoms with E-state index in [1.54, 1.807) is 13.0 Å². The number of aliphatic carboxylic acids is 1. The zero-order valence-corrected chi connectivity index (χ0v) is 9.66. The quantitative estimate of drug-likeness (QED) is 0.709. The number of carbonyl (C=O) groups excluding carboxylic acids is 1. The average Bonchev–Trinajstić information content (AvgIpc) is 2.68. The summed E-state index contributed by atoms with van der Waals surface area (Å²) in [5.74, 6) is -1.30. The van der Waals surface area contributed by atoms with E-state index in [-0.39, 0.29) is 12.3 Å². The minimum Gasteiger partial charge on any atom is -0.481 e. The van der Waals surface area contributed by atoms with Gasteiger partial charge in [-0.05, 0) is 18.4 Å². The average molecular weight is 242 g/mol. The van der Waals surface area contributed by atoms with Gasteiger partial charge in [-0.15, -0.1) is 11.3 Å². The molecule has 5 nitrogen and oxygen atoms in total. The molecule has 1 aromatic rings. The van der Waals surface area contributed by atoms with Crippen molar-refractivity contribution in [2.45, 2.75) is 25.4 Å². The molecule has 0 aromatic carbocycles. The Bertz CT molecular complexity index is 362. The fourth-order valence-corrected chi connectivity index (χ4v) is 1.97. The number of carbonyl (C=O) groups is 2. The van der Waals surface area contributed by atoms with Crippen molar-refractivity contribution in [3.63, 3.8) is 0 Å². The Kier molecular flexibility index (Phi) is 4.45. The van der Waals surface area contributed by atoms with Crippen LogP contribution in [0, 0.1) is 0 Å². The minimum atomic E-state index is -0.955. The summed E-state index contributed by atoms with van der Waals surface area (Å²) in [5, 5.41) is 13.2. The van der Waals surface area contributed by atoms with Gasteiger partial charge >= 0.3 is 5.97 Å². The predicted molar refractivity (Wildman–Crippen MR) is 61.1 cm³/mol. The van der Waals surface area contributed by atoms with E-state index in [9.17, 15) is 9.59 Å². The van der Waals surface area contributed by atoms with E-state index in [0.29, 0.717) is 0 Å². The molecule has 0 aliphatic carbocycles. The largest absolute Gasteiger partial charge is 0.481 e. The van der Waals surface area contributed by atoms with Crippen molar-refractivity contribution >= 4 is 23.2 Å². The van der Waals surface area contributed by atoms with Crippen LogP contribution in [0.5, 0.6) is 0 Å². The SMILES string of the molecule is C[C@H](N)C(=O)NC(CC(=O)O)c1cccs1. The summed E-state index contributed by atoms with van der Waals surface area (Å²) in [5.41, 5.74) is 5.41. The van der Waals surface area contributed by atoms with Crippen molar-refractivity contribution in [2.75, 3.05) is 0 Å². The molecular weight excluding hydrogens is 228 g/mol. The number of carboxylic acids is 1. The van der Waals surface area contributed by atoms with Crippen LogP contribution in [0.3, 0.4) is 0 Å². The van der Waals surface area contributed by atoms with Crippen molar-refractivity contribution in [3.8, 4) is 0 Å². The number of nitrogens with one attached hydrogen (secondary N) is 1. The highest BCUT2D eigenvalue weighted by Crippen LogP contribution is 2.21. The summed E-state index contributed by atoms with van der Waals surface area (Å²) in [6, 6.07) is 2.46. The molecule has 1 aromatic heterocycles. The smallest absolute Gasteiger partial charge is 0.305 e. The molecule has 0 fully saturated rings. The van der Waals surface area contributed by atoms with Gasteiger partial charge in [0.15, 0.2) is 0 Å². The molecule has 0 saturated heterocycles. The van der Waals surface area contributed by atoms with Gasteiger partial charge in [0.25, 0.3) is 0 Å². The summed E-state index contributed by atoms with van der Waals surface area (Å²) in [6.45, 7) is 1.56. The van der Waals surface area contributed by atoms with Crippen LogP contribution in [0.4, 0.5) is 0 Å². The molecule has 2 atom stereocenters. The second-order valence-electron chi connectivity index (χ2n) is 3.46. The van der Waals surface area contributed by atoms with Crippen LogP contribution in [-0.2, 0) is 9.59 Å². The van der Waals surface area contributed by atoms with Crippen LogP contribution >= 0.6 is 11.3 Å². The molecule has 4 N–H and O–H groups in total. The van der Waals surface area contributed by atoms with Gasteiger partial charge in [-0.25, -0.2) is 0 Å². The first kappa shape index (κ1) is 12.7. The molecule has 0 spiro atoms. The Hall–Kier alpha value is -1.40. The maximum atomic E-state index is 11.4. The third-order valence-electron chi connectivity index (χ3n) is 2.00. The van der Waals surface area contributed by atoms with Gasteiger partial charge in [-0.1, -0.05) is 6.07 Å². The van der Waals surface area contributed by atoms with E-state index in [1.165, 1.54) is 11.3 Å². The van der Waals surface area contributed by atoms with Gasteiger partial charge in [0.2, 0.25) is 5.91 Å². The lowest BCUT2D eigenvalue weighted by atomic mass is 10.1. The van der Waals surface area contributed by atoms with Crippen molar-refractivity contribution < 1.29 is 14.7 Å². The first-order valence-corrected chi connectivity index (χ1v) is 5.70. The number of hydrogen-bond acceptors (Lipinski definition) is 4. The van der Waals surface area contributed by atoms with Crippen LogP contribution in [0.25, 0.3) is 0 Å². The lowest BCUT2D eigenvalue weighted by Gasteiger charge is -2.16. The molecule has 1 unspecified atom stereocenters. The third-order valence-corrected chi connectivity index (χ3v) is 2.98. The van der Waals surface area contributed by atoms with Crippen LogP contribution in [0.2, 0.25) is 0 Å². The number of thiophene rings is 1. The first-order chi connectivity index (χ1) is 7.50. The maximum absolute atomic E-state index is 11.4. The van der Waals surface area contributed by atoms with E-state index in [4.69, 9.17) is 10.8 Å². The highest BCUT2D eigenvalue weighted by Gasteiger charge is 2.20. The predicted octanol–water partition coefficient (Wildman–Crippen LogP) is 0.727. The van der Waals surface area contributed by atoms with Gasteiger partial charge in [0.05, 0.1) is 18.5 Å². The zero-order valence-electron chi connectivity index (χ0n) is 8.84. The molecule has 16 heavy (non-hydrogen) atoms. The van der Waals surface area contributed by atoms with Crippen LogP contribution in [0.1, 0.15) is 24.3 Å². The molecule has 1 heterocycles. The Labute approximate surface area is 97.3 Å². The molecule has 1 amide bonds. The lowest BCUT2D eigenvalue weighted by Crippen LogP contribution is -2.40. The second-order valence-corrected chi connectivity index (χ2v) is 4.44. The number of carboxylic acid groups (broad SMARTS) is 1. The highest BCUT2D eigenvalue weighted by molar-refractivity contribution is 7.10. The Balaban J connectivity index is 2.72. The maximum Gasteiger partial charge on any atom is 0.305 e. The zero-order chi connectivity index (χ0) is 12.1. The molecule has 88 valence electrons. The normalized spacial score (nSPS) is 14.1. The molecule has 1 rings (SSSR count). The topological polar surface area (TPSA) is 92.4 Å². The van der Waals surface area contributed by atoms with Crippen LogP contribution < -0.4 is 11.1 Å². The minimum absolute atomic E-state index is 0.140. The first-order valence-electron chi connectivity index (χ1n) is 4.82. The molecule has 0 bridgehead atoms. The second kappa shape index (κ2) is 5.62. The van der Waals surface area contributed by atoms with Crippen molar-refractivity contribution in [3.05, 3.63) is 22.4 Å². The molecule has 0 radical (unpaired) electrons. The lowest BCUT2D eigenvalue weighted by molar-refractivity contribution is -0.137. The number of amides is 1. The van der Waals surface area contributed by atoms with Gasteiger partial charge in [0.1, 0.15) is 0 Å². The fraction of sp³-hybridized carbons (Fsp3) is 0.400. The monoisotopic (exact) mass is 242 g/mol. The van der Waals surface area contributed by atoms with E-state index in [1.807, 2.05) is 11.4 Å². The van der Waals surface area contributed by atoms with E-state index in [2.05, 4.69) is 5.32 Å². The Morgan fingerprint density at radius 2 is 2.31 bits per heavy atom.